The lowest BCUT2D eigenvalue weighted by Gasteiger charge is -2.36. The van der Waals surface area contributed by atoms with Gasteiger partial charge in [0.05, 0.1) is 18.0 Å². The number of aromatic nitrogens is 2. The van der Waals surface area contributed by atoms with Gasteiger partial charge in [0, 0.05) is 60.9 Å². The summed E-state index contributed by atoms with van der Waals surface area (Å²) in [7, 11) is 1.56. The molecule has 228 valence electrons. The Hall–Kier alpha value is -4.83. The summed E-state index contributed by atoms with van der Waals surface area (Å²) >= 11 is 0. The van der Waals surface area contributed by atoms with Gasteiger partial charge in [0.1, 0.15) is 0 Å². The lowest BCUT2D eigenvalue weighted by molar-refractivity contribution is 0.0741. The first-order valence-corrected chi connectivity index (χ1v) is 14.5. The van der Waals surface area contributed by atoms with Gasteiger partial charge in [0.15, 0.2) is 11.6 Å². The van der Waals surface area contributed by atoms with E-state index in [1.54, 1.807) is 78.7 Å². The lowest BCUT2D eigenvalue weighted by atomic mass is 10.0. The Kier molecular flexibility index (Phi) is 8.91. The number of hydrogen-bond donors (Lipinski definition) is 1. The Balaban J connectivity index is 1.45. The molecule has 1 aromatic heterocycles. The predicted molar refractivity (Wildman–Crippen MR) is 169 cm³/mol. The van der Waals surface area contributed by atoms with Crippen LogP contribution >= 0.6 is 0 Å². The van der Waals surface area contributed by atoms with Crippen LogP contribution in [0.4, 0.5) is 21.6 Å². The number of ether oxygens (including phenoxy) is 1. The summed E-state index contributed by atoms with van der Waals surface area (Å²) < 4.78 is 23.1. The van der Waals surface area contributed by atoms with Crippen LogP contribution in [0.1, 0.15) is 47.9 Å². The first kappa shape index (κ1) is 30.6. The summed E-state index contributed by atoms with van der Waals surface area (Å²) in [6.45, 7) is 7.85. The van der Waals surface area contributed by atoms with E-state index in [1.165, 1.54) is 15.7 Å². The quantitative estimate of drug-likeness (QED) is 0.309. The van der Waals surface area contributed by atoms with E-state index in [4.69, 9.17) is 4.74 Å². The summed E-state index contributed by atoms with van der Waals surface area (Å²) in [6.07, 6.45) is 2.25. The van der Waals surface area contributed by atoms with Crippen LogP contribution in [0.3, 0.4) is 0 Å². The number of halogens is 1. The molecule has 2 heterocycles. The minimum atomic E-state index is -0.745. The molecule has 1 fully saturated rings. The second kappa shape index (κ2) is 12.8. The molecule has 1 aliphatic rings. The molecule has 9 nitrogen and oxygen atoms in total. The Labute approximate surface area is 255 Å². The molecule has 1 saturated heterocycles. The molecule has 5 rings (SSSR count). The largest absolute Gasteiger partial charge is 0.380 e. The highest BCUT2D eigenvalue weighted by molar-refractivity contribution is 6.07. The summed E-state index contributed by atoms with van der Waals surface area (Å²) in [5.41, 5.74) is 0.806. The molecule has 2 amide bonds. The Bertz CT molecular complexity index is 1710. The zero-order valence-corrected chi connectivity index (χ0v) is 25.3. The van der Waals surface area contributed by atoms with Crippen molar-refractivity contribution in [3.63, 3.8) is 0 Å². The molecule has 0 bridgehead atoms. The highest BCUT2D eigenvalue weighted by Crippen LogP contribution is 2.34. The molecule has 44 heavy (non-hydrogen) atoms. The summed E-state index contributed by atoms with van der Waals surface area (Å²) in [6, 6.07) is 20.3. The topological polar surface area (TPSA) is 96.8 Å². The maximum absolute atomic E-state index is 16.3. The van der Waals surface area contributed by atoms with Crippen molar-refractivity contribution in [2.24, 2.45) is 7.05 Å². The monoisotopic (exact) mass is 597 g/mol. The van der Waals surface area contributed by atoms with Crippen LogP contribution < -0.4 is 15.8 Å². The number of hydrogen-bond acceptors (Lipinski definition) is 6. The first-order chi connectivity index (χ1) is 21.0. The molecular weight excluding hydrogens is 561 g/mol. The third kappa shape index (κ3) is 6.55. The van der Waals surface area contributed by atoms with E-state index in [-0.39, 0.29) is 34.6 Å². The Morgan fingerprint density at radius 2 is 1.66 bits per heavy atom. The number of benzene rings is 3. The van der Waals surface area contributed by atoms with Crippen molar-refractivity contribution in [1.82, 2.24) is 14.5 Å². The summed E-state index contributed by atoms with van der Waals surface area (Å²) in [4.78, 5) is 47.2. The van der Waals surface area contributed by atoms with Crippen molar-refractivity contribution < 1.29 is 18.7 Å². The zero-order valence-electron chi connectivity index (χ0n) is 25.3. The minimum Gasteiger partial charge on any atom is -0.380 e. The third-order valence-electron chi connectivity index (χ3n) is 7.37. The number of carbonyl (C=O) groups is 2. The Morgan fingerprint density at radius 3 is 2.36 bits per heavy atom. The van der Waals surface area contributed by atoms with Crippen LogP contribution in [0, 0.1) is 5.82 Å². The van der Waals surface area contributed by atoms with Crippen LogP contribution in [-0.4, -0.2) is 58.1 Å². The van der Waals surface area contributed by atoms with Crippen LogP contribution in [0.25, 0.3) is 11.3 Å². The SMILES string of the molecule is Cn1cc(-c2cccc(N(C(=O)c3ccccc3)C(C)(C)C)c2F)nc(Nc2ccc(C(=O)N3CCCOCC3)cc2)c1=O. The maximum Gasteiger partial charge on any atom is 0.293 e. The third-order valence-corrected chi connectivity index (χ3v) is 7.37. The number of nitrogens with zero attached hydrogens (tertiary/aromatic N) is 4. The molecule has 0 unspecified atom stereocenters. The molecule has 0 radical (unpaired) electrons. The Morgan fingerprint density at radius 1 is 0.932 bits per heavy atom. The molecule has 0 aliphatic carbocycles. The molecular formula is C34H36FN5O4. The number of anilines is 3. The van der Waals surface area contributed by atoms with Crippen LogP contribution in [0.2, 0.25) is 0 Å². The summed E-state index contributed by atoms with van der Waals surface area (Å²) in [5, 5.41) is 3.02. The molecule has 1 N–H and O–H groups in total. The predicted octanol–water partition coefficient (Wildman–Crippen LogP) is 5.64. The molecule has 10 heteroatoms. The van der Waals surface area contributed by atoms with Gasteiger partial charge in [-0.15, -0.1) is 0 Å². The van der Waals surface area contributed by atoms with E-state index in [0.29, 0.717) is 43.1 Å². The van der Waals surface area contributed by atoms with Crippen LogP contribution in [-0.2, 0) is 11.8 Å². The average molecular weight is 598 g/mol. The van der Waals surface area contributed by atoms with Crippen molar-refractivity contribution in [2.45, 2.75) is 32.7 Å². The van der Waals surface area contributed by atoms with Gasteiger partial charge >= 0.3 is 0 Å². The first-order valence-electron chi connectivity index (χ1n) is 14.5. The molecule has 3 aromatic carbocycles. The van der Waals surface area contributed by atoms with Crippen molar-refractivity contribution >= 4 is 29.0 Å². The highest BCUT2D eigenvalue weighted by Gasteiger charge is 2.32. The molecule has 0 atom stereocenters. The van der Waals surface area contributed by atoms with Crippen LogP contribution in [0.5, 0.6) is 0 Å². The van der Waals surface area contributed by atoms with E-state index < -0.39 is 16.9 Å². The van der Waals surface area contributed by atoms with Crippen molar-refractivity contribution in [3.8, 4) is 11.3 Å². The van der Waals surface area contributed by atoms with Gasteiger partial charge in [-0.2, -0.15) is 0 Å². The molecule has 0 saturated carbocycles. The second-order valence-electron chi connectivity index (χ2n) is 11.7. The van der Waals surface area contributed by atoms with Gasteiger partial charge in [0.25, 0.3) is 17.4 Å². The second-order valence-corrected chi connectivity index (χ2v) is 11.7. The number of nitrogens with one attached hydrogen (secondary N) is 1. The van der Waals surface area contributed by atoms with Crippen molar-refractivity contribution in [3.05, 3.63) is 106 Å². The van der Waals surface area contributed by atoms with Gasteiger partial charge in [0.2, 0.25) is 0 Å². The number of aryl methyl sites for hydroxylation is 1. The summed E-state index contributed by atoms with van der Waals surface area (Å²) in [5.74, 6) is -1.06. The van der Waals surface area contributed by atoms with E-state index in [1.807, 2.05) is 26.8 Å². The van der Waals surface area contributed by atoms with E-state index >= 15 is 4.39 Å². The normalized spacial score (nSPS) is 13.7. The minimum absolute atomic E-state index is 0.00779. The zero-order chi connectivity index (χ0) is 31.4. The number of amides is 2. The maximum atomic E-state index is 16.3. The van der Waals surface area contributed by atoms with Gasteiger partial charge in [-0.3, -0.25) is 14.4 Å². The fourth-order valence-electron chi connectivity index (χ4n) is 5.16. The van der Waals surface area contributed by atoms with Crippen molar-refractivity contribution in [2.75, 3.05) is 36.5 Å². The standard InChI is InChI=1S/C34H36FN5O4/c1-34(2,3)40(32(42)23-10-6-5-7-11-23)28-13-8-12-26(29(28)35)27-22-38(4)33(43)30(37-27)36-25-16-14-24(15-17-25)31(41)39-18-9-20-44-21-19-39/h5-8,10-17,22H,9,18-21H2,1-4H3,(H,36,37). The highest BCUT2D eigenvalue weighted by atomic mass is 19.1. The van der Waals surface area contributed by atoms with Crippen molar-refractivity contribution in [1.29, 1.82) is 0 Å². The number of carbonyl (C=O) groups excluding carboxylic acids is 2. The van der Waals surface area contributed by atoms with Gasteiger partial charge in [-0.25, -0.2) is 9.37 Å². The number of rotatable bonds is 6. The van der Waals surface area contributed by atoms with E-state index in [0.717, 1.165) is 6.42 Å². The van der Waals surface area contributed by atoms with Gasteiger partial charge in [-0.1, -0.05) is 24.3 Å². The molecule has 1 aliphatic heterocycles. The fourth-order valence-corrected chi connectivity index (χ4v) is 5.16. The van der Waals surface area contributed by atoms with Gasteiger partial charge in [-0.05, 0) is 75.7 Å². The van der Waals surface area contributed by atoms with E-state index in [2.05, 4.69) is 10.3 Å². The van der Waals surface area contributed by atoms with Gasteiger partial charge < -0.3 is 24.4 Å². The smallest absolute Gasteiger partial charge is 0.293 e. The van der Waals surface area contributed by atoms with Crippen LogP contribution in [0.15, 0.2) is 83.8 Å². The van der Waals surface area contributed by atoms with E-state index in [9.17, 15) is 14.4 Å². The average Bonchev–Trinajstić information content (AvgIpc) is 3.30. The molecule has 4 aromatic rings. The molecule has 0 spiro atoms. The fraction of sp³-hybridized carbons (Fsp3) is 0.294. The lowest BCUT2D eigenvalue weighted by Crippen LogP contribution is -2.46.